The summed E-state index contributed by atoms with van der Waals surface area (Å²) >= 11 is 0. The van der Waals surface area contributed by atoms with Crippen LogP contribution in [0.2, 0.25) is 0 Å². The summed E-state index contributed by atoms with van der Waals surface area (Å²) < 4.78 is 0. The summed E-state index contributed by atoms with van der Waals surface area (Å²) in [5.74, 6) is 0.566. The summed E-state index contributed by atoms with van der Waals surface area (Å²) in [7, 11) is 0. The molecule has 1 aromatic heterocycles. The molecule has 0 saturated heterocycles. The molecule has 0 aliphatic carbocycles. The first-order chi connectivity index (χ1) is 11.8. The van der Waals surface area contributed by atoms with E-state index in [0.29, 0.717) is 5.92 Å². The third-order valence-corrected chi connectivity index (χ3v) is 5.01. The lowest BCUT2D eigenvalue weighted by atomic mass is 9.96. The van der Waals surface area contributed by atoms with Crippen LogP contribution in [0.3, 0.4) is 0 Å². The molecule has 3 aromatic carbocycles. The van der Waals surface area contributed by atoms with Gasteiger partial charge in [0.2, 0.25) is 0 Å². The Kier molecular flexibility index (Phi) is 3.78. The molecular weight excluding hydrogens is 290 g/mol. The van der Waals surface area contributed by atoms with E-state index < -0.39 is 0 Å². The van der Waals surface area contributed by atoms with Crippen LogP contribution >= 0.6 is 0 Å². The van der Waals surface area contributed by atoms with Gasteiger partial charge in [0.25, 0.3) is 0 Å². The maximum Gasteiger partial charge on any atom is 0.0705 e. The van der Waals surface area contributed by atoms with Crippen LogP contribution in [0.15, 0.2) is 72.9 Å². The van der Waals surface area contributed by atoms with Gasteiger partial charge < -0.3 is 0 Å². The van der Waals surface area contributed by atoms with Gasteiger partial charge in [0.1, 0.15) is 0 Å². The molecule has 1 heteroatoms. The monoisotopic (exact) mass is 311 g/mol. The van der Waals surface area contributed by atoms with E-state index in [9.17, 15) is 0 Å². The van der Waals surface area contributed by atoms with Crippen molar-refractivity contribution in [2.75, 3.05) is 0 Å². The predicted molar refractivity (Wildman–Crippen MR) is 103 cm³/mol. The molecule has 4 aromatic rings. The highest BCUT2D eigenvalue weighted by Gasteiger charge is 2.07. The average molecular weight is 311 g/mol. The Balaban J connectivity index is 1.85. The molecule has 4 rings (SSSR count). The molecule has 0 spiro atoms. The lowest BCUT2D eigenvalue weighted by molar-refractivity contribution is 0.732. The van der Waals surface area contributed by atoms with Crippen LogP contribution in [-0.4, -0.2) is 4.98 Å². The highest BCUT2D eigenvalue weighted by atomic mass is 14.7. The number of nitrogens with zero attached hydrogens (tertiary/aromatic N) is 1. The fourth-order valence-electron chi connectivity index (χ4n) is 3.32. The van der Waals surface area contributed by atoms with E-state index in [2.05, 4.69) is 85.6 Å². The number of hydrogen-bond donors (Lipinski definition) is 0. The molecule has 1 atom stereocenters. The second kappa shape index (κ2) is 6.09. The number of benzene rings is 3. The zero-order valence-corrected chi connectivity index (χ0v) is 14.2. The number of rotatable bonds is 3. The molecule has 1 unspecified atom stereocenters. The molecule has 1 heterocycles. The van der Waals surface area contributed by atoms with Crippen molar-refractivity contribution in [1.82, 2.24) is 4.98 Å². The molecule has 0 N–H and O–H groups in total. The summed E-state index contributed by atoms with van der Waals surface area (Å²) in [5.41, 5.74) is 3.60. The van der Waals surface area contributed by atoms with E-state index in [-0.39, 0.29) is 0 Å². The maximum absolute atomic E-state index is 4.60. The van der Waals surface area contributed by atoms with Gasteiger partial charge in [-0.25, -0.2) is 0 Å². The van der Waals surface area contributed by atoms with Crippen molar-refractivity contribution < 1.29 is 0 Å². The van der Waals surface area contributed by atoms with Crippen LogP contribution in [0.5, 0.6) is 0 Å². The first-order valence-corrected chi connectivity index (χ1v) is 8.64. The van der Waals surface area contributed by atoms with E-state index in [1.807, 2.05) is 6.20 Å². The summed E-state index contributed by atoms with van der Waals surface area (Å²) in [6.07, 6.45) is 3.08. The van der Waals surface area contributed by atoms with Gasteiger partial charge in [-0.15, -0.1) is 0 Å². The van der Waals surface area contributed by atoms with Crippen molar-refractivity contribution in [1.29, 1.82) is 0 Å². The summed E-state index contributed by atoms with van der Waals surface area (Å²) in [6, 6.07) is 24.0. The minimum atomic E-state index is 0.566. The van der Waals surface area contributed by atoms with E-state index in [0.717, 1.165) is 12.1 Å². The highest BCUT2D eigenvalue weighted by molar-refractivity contribution is 6.08. The van der Waals surface area contributed by atoms with Crippen LogP contribution in [0, 0.1) is 0 Å². The maximum atomic E-state index is 4.60. The normalized spacial score (nSPS) is 12.6. The summed E-state index contributed by atoms with van der Waals surface area (Å²) in [5, 5.41) is 5.16. The minimum Gasteiger partial charge on any atom is -0.256 e. The predicted octanol–water partition coefficient (Wildman–Crippen LogP) is 6.57. The molecule has 0 aliphatic heterocycles. The van der Waals surface area contributed by atoms with Crippen molar-refractivity contribution in [2.24, 2.45) is 0 Å². The molecule has 0 amide bonds. The van der Waals surface area contributed by atoms with Gasteiger partial charge in [-0.1, -0.05) is 62.4 Å². The molecule has 1 nitrogen and oxygen atoms in total. The fourth-order valence-corrected chi connectivity index (χ4v) is 3.32. The molecule has 118 valence electrons. The second-order valence-electron chi connectivity index (χ2n) is 6.51. The molecule has 0 saturated carbocycles. The van der Waals surface area contributed by atoms with Crippen LogP contribution in [-0.2, 0) is 0 Å². The Morgan fingerprint density at radius 2 is 1.62 bits per heavy atom. The summed E-state index contributed by atoms with van der Waals surface area (Å²) in [4.78, 5) is 4.60. The summed E-state index contributed by atoms with van der Waals surface area (Å²) in [6.45, 7) is 4.50. The number of aromatic nitrogens is 1. The molecule has 0 bridgehead atoms. The van der Waals surface area contributed by atoms with E-state index in [1.54, 1.807) is 0 Å². The SMILES string of the molecule is CCC(C)c1ccnc(-c2ccc3c(ccc4ccccc43)c2)c1. The molecule has 0 fully saturated rings. The topological polar surface area (TPSA) is 12.9 Å². The third-order valence-electron chi connectivity index (χ3n) is 5.01. The van der Waals surface area contributed by atoms with Gasteiger partial charge in [-0.2, -0.15) is 0 Å². The first-order valence-electron chi connectivity index (χ1n) is 8.64. The van der Waals surface area contributed by atoms with Gasteiger partial charge in [-0.3, -0.25) is 4.98 Å². The van der Waals surface area contributed by atoms with Gasteiger partial charge in [-0.05, 0) is 57.6 Å². The lowest BCUT2D eigenvalue weighted by Gasteiger charge is -2.11. The van der Waals surface area contributed by atoms with Crippen LogP contribution in [0.1, 0.15) is 31.7 Å². The number of fused-ring (bicyclic) bond motifs is 3. The Hall–Kier alpha value is -2.67. The Morgan fingerprint density at radius 3 is 2.50 bits per heavy atom. The van der Waals surface area contributed by atoms with Gasteiger partial charge in [0.05, 0.1) is 5.69 Å². The second-order valence-corrected chi connectivity index (χ2v) is 6.51. The van der Waals surface area contributed by atoms with Crippen molar-refractivity contribution >= 4 is 21.5 Å². The molecule has 24 heavy (non-hydrogen) atoms. The number of pyridine rings is 1. The highest BCUT2D eigenvalue weighted by Crippen LogP contribution is 2.30. The largest absolute Gasteiger partial charge is 0.256 e. The molecular formula is C23H21N. The molecule has 0 aliphatic rings. The van der Waals surface area contributed by atoms with Crippen LogP contribution in [0.25, 0.3) is 32.8 Å². The van der Waals surface area contributed by atoms with Crippen molar-refractivity contribution in [2.45, 2.75) is 26.2 Å². The Morgan fingerprint density at radius 1 is 0.833 bits per heavy atom. The van der Waals surface area contributed by atoms with E-state index in [1.165, 1.54) is 32.7 Å². The van der Waals surface area contributed by atoms with Crippen molar-refractivity contribution in [3.05, 3.63) is 78.5 Å². The van der Waals surface area contributed by atoms with Crippen LogP contribution in [0.4, 0.5) is 0 Å². The van der Waals surface area contributed by atoms with Gasteiger partial charge in [0.15, 0.2) is 0 Å². The quantitative estimate of drug-likeness (QED) is 0.390. The van der Waals surface area contributed by atoms with Crippen molar-refractivity contribution in [3.8, 4) is 11.3 Å². The number of hydrogen-bond acceptors (Lipinski definition) is 1. The van der Waals surface area contributed by atoms with Crippen molar-refractivity contribution in [3.63, 3.8) is 0 Å². The van der Waals surface area contributed by atoms with Crippen LogP contribution < -0.4 is 0 Å². The average Bonchev–Trinajstić information content (AvgIpc) is 2.67. The van der Waals surface area contributed by atoms with Gasteiger partial charge in [0, 0.05) is 11.8 Å². The fraction of sp³-hybridized carbons (Fsp3) is 0.174. The molecule has 0 radical (unpaired) electrons. The third kappa shape index (κ3) is 2.56. The van der Waals surface area contributed by atoms with E-state index >= 15 is 0 Å². The Bertz CT molecular complexity index is 1020. The first kappa shape index (κ1) is 14.9. The lowest BCUT2D eigenvalue weighted by Crippen LogP contribution is -1.93. The smallest absolute Gasteiger partial charge is 0.0705 e. The zero-order chi connectivity index (χ0) is 16.5. The van der Waals surface area contributed by atoms with E-state index in [4.69, 9.17) is 0 Å². The van der Waals surface area contributed by atoms with Gasteiger partial charge >= 0.3 is 0 Å². The zero-order valence-electron chi connectivity index (χ0n) is 14.2. The standard InChI is InChI=1S/C23H21N/c1-3-16(2)18-12-13-24-23(15-18)20-10-11-22-19(14-20)9-8-17-6-4-5-7-21(17)22/h4-16H,3H2,1-2H3. The minimum absolute atomic E-state index is 0.566. The Labute approximate surface area is 143 Å².